The molecule has 0 radical (unpaired) electrons. The van der Waals surface area contributed by atoms with Gasteiger partial charge in [0.1, 0.15) is 17.2 Å². The lowest BCUT2D eigenvalue weighted by molar-refractivity contribution is -0.144. The number of hydrogen-bond donors (Lipinski definition) is 0. The molecule has 1 aromatic carbocycles. The number of ether oxygens (including phenoxy) is 2. The highest BCUT2D eigenvalue weighted by Crippen LogP contribution is 2.33. The Kier molecular flexibility index (Phi) is 17.9. The van der Waals surface area contributed by atoms with Gasteiger partial charge in [0.2, 0.25) is 0 Å². The first kappa shape index (κ1) is 36.9. The lowest BCUT2D eigenvalue weighted by atomic mass is 9.89. The predicted molar refractivity (Wildman–Crippen MR) is 165 cm³/mol. The summed E-state index contributed by atoms with van der Waals surface area (Å²) >= 11 is 0. The van der Waals surface area contributed by atoms with Crippen LogP contribution < -0.4 is 0 Å². The van der Waals surface area contributed by atoms with Crippen molar-refractivity contribution in [1.29, 1.82) is 0 Å². The van der Waals surface area contributed by atoms with Crippen LogP contribution in [0.4, 0.5) is 0 Å². The second kappa shape index (κ2) is 19.9. The number of rotatable bonds is 24. The van der Waals surface area contributed by atoms with Gasteiger partial charge in [0.25, 0.3) is 0 Å². The Hall–Kier alpha value is -2.16. The van der Waals surface area contributed by atoms with E-state index in [9.17, 15) is 19.2 Å². The quantitative estimate of drug-likeness (QED) is 0.0703. The molecular formula is C33H54O7Si. The maximum atomic E-state index is 13.6. The van der Waals surface area contributed by atoms with E-state index < -0.39 is 25.8 Å². The first-order chi connectivity index (χ1) is 19.5. The predicted octanol–water partition coefficient (Wildman–Crippen LogP) is 7.40. The Morgan fingerprint density at radius 2 is 1.51 bits per heavy atom. The molecule has 0 heterocycles. The molecule has 41 heavy (non-hydrogen) atoms. The average molecular weight is 591 g/mol. The molecule has 0 N–H and O–H groups in total. The Labute approximate surface area is 249 Å². The fourth-order valence-corrected chi connectivity index (χ4v) is 8.18. The Morgan fingerprint density at radius 1 is 0.854 bits per heavy atom. The molecule has 0 amide bonds. The van der Waals surface area contributed by atoms with Crippen LogP contribution in [0.25, 0.3) is 0 Å². The van der Waals surface area contributed by atoms with Crippen LogP contribution in [0.5, 0.6) is 0 Å². The van der Waals surface area contributed by atoms with Gasteiger partial charge in [0, 0.05) is 38.2 Å². The Morgan fingerprint density at radius 3 is 2.12 bits per heavy atom. The van der Waals surface area contributed by atoms with E-state index in [1.807, 2.05) is 25.1 Å². The molecule has 232 valence electrons. The molecule has 7 nitrogen and oxygen atoms in total. The molecule has 0 bridgehead atoms. The second-order valence-corrected chi connectivity index (χ2v) is 16.0. The largest absolute Gasteiger partial charge is 0.466 e. The number of carbonyl (C=O) groups excluding carboxylic acids is 4. The fraction of sp³-hybridized carbons (Fsp3) is 0.697. The van der Waals surface area contributed by atoms with Crippen LogP contribution in [0.1, 0.15) is 105 Å². The molecule has 0 aliphatic rings. The van der Waals surface area contributed by atoms with E-state index in [1.165, 1.54) is 0 Å². The standard InChI is InChI=1S/C33H54O7Si/c1-7-39-32(37)22-20-30(35)27(5)25-29(34)19-21-31(36)33(6,40-41(8-2,9-3)10-4)23-15-12-16-24-38-26-28-17-13-11-14-18-28/h11,13-14,17-18,27H,7-10,12,15-16,19-26H2,1-6H3/t27-,33-/m0/s1. The van der Waals surface area contributed by atoms with Crippen LogP contribution in [-0.2, 0) is 39.7 Å². The van der Waals surface area contributed by atoms with E-state index in [1.54, 1.807) is 13.8 Å². The molecular weight excluding hydrogens is 536 g/mol. The third kappa shape index (κ3) is 14.0. The number of benzene rings is 1. The van der Waals surface area contributed by atoms with Gasteiger partial charge in [0.05, 0.1) is 19.6 Å². The van der Waals surface area contributed by atoms with Gasteiger partial charge in [-0.15, -0.1) is 0 Å². The lowest BCUT2D eigenvalue weighted by Gasteiger charge is -2.39. The molecule has 0 unspecified atom stereocenters. The second-order valence-electron chi connectivity index (χ2n) is 11.3. The van der Waals surface area contributed by atoms with Gasteiger partial charge in [-0.1, -0.05) is 70.9 Å². The molecule has 0 spiro atoms. The maximum absolute atomic E-state index is 13.6. The Balaban J connectivity index is 2.64. The van der Waals surface area contributed by atoms with Crippen molar-refractivity contribution in [3.63, 3.8) is 0 Å². The highest BCUT2D eigenvalue weighted by molar-refractivity contribution is 6.73. The maximum Gasteiger partial charge on any atom is 0.306 e. The summed E-state index contributed by atoms with van der Waals surface area (Å²) in [5, 5.41) is 0. The van der Waals surface area contributed by atoms with Crippen molar-refractivity contribution in [1.82, 2.24) is 0 Å². The van der Waals surface area contributed by atoms with Gasteiger partial charge in [0.15, 0.2) is 14.1 Å². The van der Waals surface area contributed by atoms with Crippen LogP contribution in [0.3, 0.4) is 0 Å². The van der Waals surface area contributed by atoms with Crippen molar-refractivity contribution in [3.05, 3.63) is 35.9 Å². The van der Waals surface area contributed by atoms with Crippen molar-refractivity contribution in [2.75, 3.05) is 13.2 Å². The monoisotopic (exact) mass is 590 g/mol. The molecule has 0 saturated heterocycles. The summed E-state index contributed by atoms with van der Waals surface area (Å²) in [4.78, 5) is 50.2. The van der Waals surface area contributed by atoms with Crippen molar-refractivity contribution in [2.24, 2.45) is 5.92 Å². The van der Waals surface area contributed by atoms with E-state index in [0.29, 0.717) is 19.6 Å². The van der Waals surface area contributed by atoms with Crippen molar-refractivity contribution in [3.8, 4) is 0 Å². The van der Waals surface area contributed by atoms with Gasteiger partial charge < -0.3 is 13.9 Å². The highest BCUT2D eigenvalue weighted by Gasteiger charge is 2.42. The van der Waals surface area contributed by atoms with Crippen LogP contribution in [-0.4, -0.2) is 50.5 Å². The van der Waals surface area contributed by atoms with Crippen LogP contribution in [0.2, 0.25) is 18.1 Å². The highest BCUT2D eigenvalue weighted by atomic mass is 28.4. The SMILES string of the molecule is CCOC(=O)CCC(=O)[C@@H](C)CC(=O)CCC(=O)[C@](C)(CCCCCOCc1ccccc1)O[Si](CC)(CC)CC. The smallest absolute Gasteiger partial charge is 0.306 e. The fourth-order valence-electron chi connectivity index (χ4n) is 5.08. The third-order valence-corrected chi connectivity index (χ3v) is 12.9. The first-order valence-corrected chi connectivity index (χ1v) is 18.1. The minimum atomic E-state index is -2.07. The topological polar surface area (TPSA) is 96.0 Å². The van der Waals surface area contributed by atoms with Gasteiger partial charge in [-0.3, -0.25) is 19.2 Å². The van der Waals surface area contributed by atoms with Gasteiger partial charge in [-0.25, -0.2) is 0 Å². The summed E-state index contributed by atoms with van der Waals surface area (Å²) in [5.41, 5.74) is 0.240. The minimum Gasteiger partial charge on any atom is -0.466 e. The molecule has 0 aliphatic heterocycles. The van der Waals surface area contributed by atoms with Crippen molar-refractivity contribution in [2.45, 2.75) is 130 Å². The Bertz CT molecular complexity index is 921. The first-order valence-electron chi connectivity index (χ1n) is 15.6. The summed E-state index contributed by atoms with van der Waals surface area (Å²) in [6, 6.07) is 12.9. The number of Topliss-reactive ketones (excluding diaryl/α,β-unsaturated/α-hetero) is 3. The van der Waals surface area contributed by atoms with E-state index in [4.69, 9.17) is 13.9 Å². The number of hydrogen-bond acceptors (Lipinski definition) is 7. The minimum absolute atomic E-state index is 0.0243. The summed E-state index contributed by atoms with van der Waals surface area (Å²) in [6.07, 6.45) is 3.69. The molecule has 0 fully saturated rings. The molecule has 2 atom stereocenters. The van der Waals surface area contributed by atoms with Gasteiger partial charge in [-0.05, 0) is 50.4 Å². The zero-order chi connectivity index (χ0) is 30.7. The molecule has 1 aromatic rings. The van der Waals surface area contributed by atoms with E-state index in [-0.39, 0.29) is 56.1 Å². The molecule has 1 rings (SSSR count). The van der Waals surface area contributed by atoms with Crippen LogP contribution >= 0.6 is 0 Å². The van der Waals surface area contributed by atoms with Crippen molar-refractivity contribution < 1.29 is 33.1 Å². The van der Waals surface area contributed by atoms with Gasteiger partial charge in [-0.2, -0.15) is 0 Å². The summed E-state index contributed by atoms with van der Waals surface area (Å²) in [5.74, 6) is -1.17. The van der Waals surface area contributed by atoms with Gasteiger partial charge >= 0.3 is 5.97 Å². The lowest BCUT2D eigenvalue weighted by Crippen LogP contribution is -2.50. The number of esters is 1. The van der Waals surface area contributed by atoms with Crippen molar-refractivity contribution >= 4 is 31.6 Å². The number of ketones is 3. The number of unbranched alkanes of at least 4 members (excludes halogenated alkanes) is 2. The summed E-state index contributed by atoms with van der Waals surface area (Å²) in [6.45, 7) is 13.3. The molecule has 0 saturated carbocycles. The zero-order valence-corrected chi connectivity index (χ0v) is 27.4. The van der Waals surface area contributed by atoms with Crippen LogP contribution in [0.15, 0.2) is 30.3 Å². The summed E-state index contributed by atoms with van der Waals surface area (Å²) < 4.78 is 17.5. The molecule has 0 aliphatic carbocycles. The van der Waals surface area contributed by atoms with E-state index in [2.05, 4.69) is 32.9 Å². The number of carbonyl (C=O) groups is 4. The molecule has 0 aromatic heterocycles. The van der Waals surface area contributed by atoms with Crippen LogP contribution in [0, 0.1) is 5.92 Å². The normalized spacial score (nSPS) is 13.8. The van der Waals surface area contributed by atoms with E-state index in [0.717, 1.165) is 43.0 Å². The summed E-state index contributed by atoms with van der Waals surface area (Å²) in [7, 11) is -2.07. The zero-order valence-electron chi connectivity index (χ0n) is 26.4. The van der Waals surface area contributed by atoms with E-state index >= 15 is 0 Å². The molecule has 8 heteroatoms. The average Bonchev–Trinajstić information content (AvgIpc) is 2.97. The third-order valence-electron chi connectivity index (χ3n) is 8.11.